The van der Waals surface area contributed by atoms with Crippen LogP contribution in [0.5, 0.6) is 0 Å². The lowest BCUT2D eigenvalue weighted by Gasteiger charge is -2.27. The van der Waals surface area contributed by atoms with E-state index in [1.807, 2.05) is 0 Å². The van der Waals surface area contributed by atoms with Crippen LogP contribution in [-0.2, 0) is 4.74 Å². The maximum Gasteiger partial charge on any atom is 0.187 e. The van der Waals surface area contributed by atoms with Crippen LogP contribution in [0.1, 0.15) is 51.4 Å². The van der Waals surface area contributed by atoms with Crippen molar-refractivity contribution in [2.24, 2.45) is 16.6 Å². The van der Waals surface area contributed by atoms with E-state index in [1.54, 1.807) is 0 Å². The monoisotopic (exact) mass is 222 g/mol. The molecule has 0 radical (unpaired) electrons. The highest BCUT2D eigenvalue weighted by Gasteiger charge is 2.38. The van der Waals surface area contributed by atoms with Gasteiger partial charge < -0.3 is 10.5 Å². The molecule has 0 spiro atoms. The van der Waals surface area contributed by atoms with Crippen molar-refractivity contribution in [1.29, 1.82) is 0 Å². The largest absolute Gasteiger partial charge is 0.475 e. The number of rotatable bonds is 1. The number of hydrogen-bond donors (Lipinski definition) is 1. The molecule has 0 aromatic rings. The van der Waals surface area contributed by atoms with E-state index in [0.717, 1.165) is 25.2 Å². The molecule has 3 heteroatoms. The predicted molar refractivity (Wildman–Crippen MR) is 64.5 cm³/mol. The highest BCUT2D eigenvalue weighted by molar-refractivity contribution is 5.80. The molecule has 1 heterocycles. The van der Waals surface area contributed by atoms with E-state index < -0.39 is 0 Å². The molecule has 0 bridgehead atoms. The van der Waals surface area contributed by atoms with Crippen molar-refractivity contribution < 1.29 is 4.74 Å². The van der Waals surface area contributed by atoms with Gasteiger partial charge in [0.05, 0.1) is 6.04 Å². The van der Waals surface area contributed by atoms with Crippen molar-refractivity contribution in [2.45, 2.75) is 69.6 Å². The zero-order chi connectivity index (χ0) is 11.0. The first-order valence-electron chi connectivity index (χ1n) is 6.83. The molecule has 3 unspecified atom stereocenters. The van der Waals surface area contributed by atoms with Crippen molar-refractivity contribution in [3.63, 3.8) is 0 Å². The molecule has 2 fully saturated rings. The van der Waals surface area contributed by atoms with Gasteiger partial charge in [0.2, 0.25) is 0 Å². The lowest BCUT2D eigenvalue weighted by molar-refractivity contribution is 0.134. The van der Waals surface area contributed by atoms with Gasteiger partial charge in [-0.1, -0.05) is 19.3 Å². The van der Waals surface area contributed by atoms with E-state index in [4.69, 9.17) is 15.5 Å². The summed E-state index contributed by atoms with van der Waals surface area (Å²) in [4.78, 5) is 4.80. The van der Waals surface area contributed by atoms with Gasteiger partial charge in [0, 0.05) is 12.0 Å². The summed E-state index contributed by atoms with van der Waals surface area (Å²) in [5.74, 6) is 1.69. The summed E-state index contributed by atoms with van der Waals surface area (Å²) >= 11 is 0. The number of hydrogen-bond acceptors (Lipinski definition) is 3. The summed E-state index contributed by atoms with van der Waals surface area (Å²) in [5.41, 5.74) is 5.99. The Bertz CT molecular complexity index is 284. The number of ether oxygens (including phenoxy) is 1. The van der Waals surface area contributed by atoms with Gasteiger partial charge in [-0.2, -0.15) is 0 Å². The lowest BCUT2D eigenvalue weighted by atomic mass is 9.89. The van der Waals surface area contributed by atoms with Crippen LogP contribution in [0.25, 0.3) is 0 Å². The topological polar surface area (TPSA) is 47.6 Å². The van der Waals surface area contributed by atoms with Gasteiger partial charge in [-0.15, -0.1) is 0 Å². The van der Waals surface area contributed by atoms with Crippen LogP contribution in [-0.4, -0.2) is 24.1 Å². The molecule has 0 aromatic heterocycles. The van der Waals surface area contributed by atoms with Gasteiger partial charge in [0.15, 0.2) is 5.90 Å². The Labute approximate surface area is 97.4 Å². The molecule has 2 aliphatic carbocycles. The van der Waals surface area contributed by atoms with Crippen molar-refractivity contribution in [1.82, 2.24) is 0 Å². The predicted octanol–water partition coefficient (Wildman–Crippen LogP) is 2.24. The third kappa shape index (κ3) is 1.97. The van der Waals surface area contributed by atoms with Gasteiger partial charge in [-0.25, -0.2) is 4.99 Å². The van der Waals surface area contributed by atoms with Gasteiger partial charge in [-0.05, 0) is 32.1 Å². The maximum absolute atomic E-state index is 6.05. The molecular weight excluding hydrogens is 200 g/mol. The van der Waals surface area contributed by atoms with E-state index >= 15 is 0 Å². The first-order chi connectivity index (χ1) is 7.83. The van der Waals surface area contributed by atoms with E-state index in [-0.39, 0.29) is 0 Å². The second kappa shape index (κ2) is 4.36. The number of nitrogens with zero attached hydrogens (tertiary/aromatic N) is 1. The van der Waals surface area contributed by atoms with Gasteiger partial charge >= 0.3 is 0 Å². The molecule has 90 valence electrons. The van der Waals surface area contributed by atoms with Crippen LogP contribution < -0.4 is 5.73 Å². The van der Waals surface area contributed by atoms with Crippen molar-refractivity contribution in [3.05, 3.63) is 0 Å². The minimum atomic E-state index is 0.347. The average molecular weight is 222 g/mol. The molecule has 3 atom stereocenters. The van der Waals surface area contributed by atoms with E-state index in [0.29, 0.717) is 24.1 Å². The molecule has 3 rings (SSSR count). The molecule has 16 heavy (non-hydrogen) atoms. The summed E-state index contributed by atoms with van der Waals surface area (Å²) in [6.45, 7) is 0. The molecule has 1 aliphatic heterocycles. The Morgan fingerprint density at radius 2 is 1.88 bits per heavy atom. The van der Waals surface area contributed by atoms with Crippen LogP contribution >= 0.6 is 0 Å². The average Bonchev–Trinajstić information content (AvgIpc) is 2.73. The number of fused-ring (bicyclic) bond motifs is 1. The second-order valence-electron chi connectivity index (χ2n) is 5.60. The molecule has 0 saturated heterocycles. The van der Waals surface area contributed by atoms with Gasteiger partial charge in [0.1, 0.15) is 6.10 Å². The van der Waals surface area contributed by atoms with E-state index in [1.165, 1.54) is 32.1 Å². The fraction of sp³-hybridized carbons (Fsp3) is 0.923. The highest BCUT2D eigenvalue weighted by atomic mass is 16.5. The number of nitrogens with two attached hydrogens (primary N) is 1. The zero-order valence-electron chi connectivity index (χ0n) is 9.90. The van der Waals surface area contributed by atoms with E-state index in [9.17, 15) is 0 Å². The highest BCUT2D eigenvalue weighted by Crippen LogP contribution is 2.33. The van der Waals surface area contributed by atoms with Gasteiger partial charge in [0.25, 0.3) is 0 Å². The minimum Gasteiger partial charge on any atom is -0.475 e. The zero-order valence-corrected chi connectivity index (χ0v) is 9.90. The summed E-state index contributed by atoms with van der Waals surface area (Å²) < 4.78 is 6.05. The Balaban J connectivity index is 1.66. The fourth-order valence-electron chi connectivity index (χ4n) is 3.32. The molecule has 0 amide bonds. The third-order valence-electron chi connectivity index (χ3n) is 4.31. The lowest BCUT2D eigenvalue weighted by Crippen LogP contribution is -2.37. The maximum atomic E-state index is 6.05. The van der Waals surface area contributed by atoms with Gasteiger partial charge in [-0.3, -0.25) is 0 Å². The van der Waals surface area contributed by atoms with Crippen LogP contribution in [0.2, 0.25) is 0 Å². The Morgan fingerprint density at radius 1 is 1.06 bits per heavy atom. The van der Waals surface area contributed by atoms with Crippen LogP contribution in [0.4, 0.5) is 0 Å². The Hall–Kier alpha value is -0.570. The SMILES string of the molecule is NC1CCC2OC(C3CCCCC3)=NC2C1. The summed E-state index contributed by atoms with van der Waals surface area (Å²) in [7, 11) is 0. The molecular formula is C13H22N2O. The van der Waals surface area contributed by atoms with Crippen molar-refractivity contribution >= 4 is 5.90 Å². The van der Waals surface area contributed by atoms with Crippen LogP contribution in [0.15, 0.2) is 4.99 Å². The first-order valence-corrected chi connectivity index (χ1v) is 6.83. The summed E-state index contributed by atoms with van der Waals surface area (Å²) in [6, 6.07) is 0.722. The first kappa shape index (κ1) is 10.6. The normalized spacial score (nSPS) is 40.1. The molecule has 3 nitrogen and oxygen atoms in total. The summed E-state index contributed by atoms with van der Waals surface area (Å²) in [6.07, 6.45) is 10.2. The van der Waals surface area contributed by atoms with E-state index in [2.05, 4.69) is 0 Å². The van der Waals surface area contributed by atoms with Crippen molar-refractivity contribution in [2.75, 3.05) is 0 Å². The van der Waals surface area contributed by atoms with Crippen molar-refractivity contribution in [3.8, 4) is 0 Å². The smallest absolute Gasteiger partial charge is 0.187 e. The standard InChI is InChI=1S/C13H22N2O/c14-10-6-7-12-11(8-10)15-13(16-12)9-4-2-1-3-5-9/h9-12H,1-8,14H2. The molecule has 3 aliphatic rings. The summed E-state index contributed by atoms with van der Waals surface area (Å²) in [5, 5.41) is 0. The quantitative estimate of drug-likeness (QED) is 0.739. The molecule has 0 aromatic carbocycles. The molecule has 2 N–H and O–H groups in total. The Morgan fingerprint density at radius 3 is 2.69 bits per heavy atom. The van der Waals surface area contributed by atoms with Crippen LogP contribution in [0, 0.1) is 5.92 Å². The molecule has 2 saturated carbocycles. The second-order valence-corrected chi connectivity index (χ2v) is 5.60. The van der Waals surface area contributed by atoms with Crippen LogP contribution in [0.3, 0.4) is 0 Å². The minimum absolute atomic E-state index is 0.347. The third-order valence-corrected chi connectivity index (χ3v) is 4.31. The fourth-order valence-corrected chi connectivity index (χ4v) is 3.32. The number of aliphatic imine (C=N–C) groups is 1. The Kier molecular flexibility index (Phi) is 2.88.